The van der Waals surface area contributed by atoms with Crippen LogP contribution < -0.4 is 10.3 Å². The molecule has 200 valence electrons. The molecule has 11 heteroatoms. The zero-order chi connectivity index (χ0) is 26.6. The first kappa shape index (κ1) is 25.0. The lowest BCUT2D eigenvalue weighted by Crippen LogP contribution is -2.35. The van der Waals surface area contributed by atoms with Crippen LogP contribution in [0.1, 0.15) is 41.6 Å². The van der Waals surface area contributed by atoms with E-state index in [1.54, 1.807) is 24.3 Å². The molecule has 0 unspecified atom stereocenters. The number of H-pyrrole nitrogens is 1. The van der Waals surface area contributed by atoms with E-state index in [0.717, 1.165) is 36.2 Å². The number of nitrogens with one attached hydrogen (secondary N) is 1. The number of aromatic nitrogens is 6. The smallest absolute Gasteiger partial charge is 0.253 e. The van der Waals surface area contributed by atoms with E-state index in [1.807, 2.05) is 54.7 Å². The van der Waals surface area contributed by atoms with Gasteiger partial charge in [0.1, 0.15) is 17.6 Å². The maximum absolute atomic E-state index is 13.7. The van der Waals surface area contributed by atoms with E-state index in [-0.39, 0.29) is 11.7 Å². The van der Waals surface area contributed by atoms with Gasteiger partial charge in [0.2, 0.25) is 0 Å². The zero-order valence-electron chi connectivity index (χ0n) is 21.6. The van der Waals surface area contributed by atoms with Crippen LogP contribution in [-0.4, -0.2) is 54.9 Å². The molecule has 2 atom stereocenters. The summed E-state index contributed by atoms with van der Waals surface area (Å²) in [4.78, 5) is 23.2. The topological polar surface area (TPSA) is 124 Å². The van der Waals surface area contributed by atoms with E-state index in [4.69, 9.17) is 13.9 Å². The lowest BCUT2D eigenvalue weighted by Gasteiger charge is -2.30. The molecular formula is C28H29N7O4. The minimum Gasteiger partial charge on any atom is -0.497 e. The standard InChI is InChI=1S/C28H29N7O4/c1-37-21-8-9-25-20(13-21)14-24(28(36)30-25)26(27-31-32-33-35(27)18-23-7-4-12-39-23)34(17-22-6-3-11-38-22)16-19-5-2-10-29-15-19/h2-3,5-6,8-11,13-15,23,26H,4,7,12,16-18H2,1H3,(H,30,36)/t23-,26-/m0/s1. The predicted molar refractivity (Wildman–Crippen MR) is 142 cm³/mol. The van der Waals surface area contributed by atoms with Crippen molar-refractivity contribution in [1.82, 2.24) is 35.1 Å². The van der Waals surface area contributed by atoms with Gasteiger partial charge in [-0.25, -0.2) is 4.68 Å². The second kappa shape index (κ2) is 11.2. The fraction of sp³-hybridized carbons (Fsp3) is 0.321. The molecule has 0 amide bonds. The first-order valence-electron chi connectivity index (χ1n) is 12.9. The molecule has 4 aromatic heterocycles. The van der Waals surface area contributed by atoms with Gasteiger partial charge in [-0.2, -0.15) is 0 Å². The SMILES string of the molecule is COc1ccc2[nH]c(=O)c([C@@H](c3nnnn3C[C@@H]3CCCO3)N(Cc3cccnc3)Cc3ccco3)cc2c1. The number of pyridine rings is 2. The van der Waals surface area contributed by atoms with Crippen LogP contribution in [0.25, 0.3) is 10.9 Å². The number of methoxy groups -OCH3 is 1. The third-order valence-electron chi connectivity index (χ3n) is 6.99. The summed E-state index contributed by atoms with van der Waals surface area (Å²) in [6.07, 6.45) is 7.15. The predicted octanol–water partition coefficient (Wildman–Crippen LogP) is 3.48. The lowest BCUT2D eigenvalue weighted by atomic mass is 10.0. The quantitative estimate of drug-likeness (QED) is 0.291. The molecule has 1 aliphatic rings. The maximum atomic E-state index is 13.7. The number of aromatic amines is 1. The van der Waals surface area contributed by atoms with Crippen molar-refractivity contribution in [2.75, 3.05) is 13.7 Å². The van der Waals surface area contributed by atoms with Gasteiger partial charge < -0.3 is 18.9 Å². The van der Waals surface area contributed by atoms with E-state index < -0.39 is 6.04 Å². The first-order chi connectivity index (χ1) is 19.2. The average Bonchev–Trinajstić information content (AvgIpc) is 3.75. The molecule has 0 bridgehead atoms. The van der Waals surface area contributed by atoms with Gasteiger partial charge in [0.15, 0.2) is 5.82 Å². The summed E-state index contributed by atoms with van der Waals surface area (Å²) in [7, 11) is 1.62. The number of nitrogens with zero attached hydrogens (tertiary/aromatic N) is 6. The summed E-state index contributed by atoms with van der Waals surface area (Å²) < 4.78 is 18.8. The van der Waals surface area contributed by atoms with Crippen molar-refractivity contribution in [2.45, 2.75) is 44.6 Å². The van der Waals surface area contributed by atoms with Crippen molar-refractivity contribution < 1.29 is 13.9 Å². The number of hydrogen-bond donors (Lipinski definition) is 1. The molecule has 39 heavy (non-hydrogen) atoms. The number of rotatable bonds is 10. The Kier molecular flexibility index (Phi) is 7.15. The van der Waals surface area contributed by atoms with Gasteiger partial charge in [-0.1, -0.05) is 6.07 Å². The van der Waals surface area contributed by atoms with E-state index in [2.05, 4.69) is 30.4 Å². The molecule has 0 radical (unpaired) electrons. The minimum atomic E-state index is -0.605. The average molecular weight is 528 g/mol. The van der Waals surface area contributed by atoms with E-state index >= 15 is 0 Å². The summed E-state index contributed by atoms with van der Waals surface area (Å²) in [5.74, 6) is 2.00. The van der Waals surface area contributed by atoms with Gasteiger partial charge in [0.05, 0.1) is 32.6 Å². The normalized spacial score (nSPS) is 16.2. The van der Waals surface area contributed by atoms with Crippen molar-refractivity contribution in [3.8, 4) is 5.75 Å². The highest BCUT2D eigenvalue weighted by molar-refractivity contribution is 5.80. The Morgan fingerprint density at radius 3 is 2.92 bits per heavy atom. The Morgan fingerprint density at radius 1 is 1.21 bits per heavy atom. The molecule has 5 aromatic rings. The highest BCUT2D eigenvalue weighted by Gasteiger charge is 2.32. The Labute approximate surface area is 224 Å². The molecule has 6 rings (SSSR count). The molecule has 1 fully saturated rings. The Bertz CT molecular complexity index is 1580. The minimum absolute atomic E-state index is 0.0175. The van der Waals surface area contributed by atoms with Crippen LogP contribution in [0, 0.1) is 0 Å². The molecule has 0 saturated carbocycles. The van der Waals surface area contributed by atoms with Gasteiger partial charge in [0, 0.05) is 42.0 Å². The van der Waals surface area contributed by atoms with Crippen LogP contribution in [0.15, 0.2) is 76.4 Å². The fourth-order valence-electron chi connectivity index (χ4n) is 5.12. The monoisotopic (exact) mass is 527 g/mol. The van der Waals surface area contributed by atoms with E-state index in [1.165, 1.54) is 0 Å². The van der Waals surface area contributed by atoms with Crippen LogP contribution in [0.2, 0.25) is 0 Å². The number of ether oxygens (including phenoxy) is 2. The molecule has 1 N–H and O–H groups in total. The van der Waals surface area contributed by atoms with E-state index in [9.17, 15) is 4.79 Å². The molecule has 1 aliphatic heterocycles. The number of hydrogen-bond acceptors (Lipinski definition) is 9. The van der Waals surface area contributed by atoms with Crippen molar-refractivity contribution >= 4 is 10.9 Å². The molecule has 0 aliphatic carbocycles. The summed E-state index contributed by atoms with van der Waals surface area (Å²) in [6, 6.07) is 14.5. The van der Waals surface area contributed by atoms with E-state index in [0.29, 0.717) is 42.3 Å². The van der Waals surface area contributed by atoms with Crippen LogP contribution >= 0.6 is 0 Å². The molecule has 11 nitrogen and oxygen atoms in total. The summed E-state index contributed by atoms with van der Waals surface area (Å²) in [5, 5.41) is 13.6. The Hall–Kier alpha value is -4.35. The lowest BCUT2D eigenvalue weighted by molar-refractivity contribution is 0.0901. The molecule has 0 spiro atoms. The zero-order valence-corrected chi connectivity index (χ0v) is 21.6. The maximum Gasteiger partial charge on any atom is 0.253 e. The summed E-state index contributed by atoms with van der Waals surface area (Å²) >= 11 is 0. The number of furan rings is 1. The summed E-state index contributed by atoms with van der Waals surface area (Å²) in [6.45, 7) is 2.11. The van der Waals surface area contributed by atoms with Gasteiger partial charge >= 0.3 is 0 Å². The molecule has 1 aromatic carbocycles. The van der Waals surface area contributed by atoms with Crippen molar-refractivity contribution in [3.63, 3.8) is 0 Å². The van der Waals surface area contributed by atoms with Crippen molar-refractivity contribution in [3.05, 3.63) is 100 Å². The number of fused-ring (bicyclic) bond motifs is 1. The highest BCUT2D eigenvalue weighted by Crippen LogP contribution is 2.31. The molecular weight excluding hydrogens is 498 g/mol. The van der Waals surface area contributed by atoms with Crippen LogP contribution in [0.4, 0.5) is 0 Å². The molecule has 1 saturated heterocycles. The summed E-state index contributed by atoms with van der Waals surface area (Å²) in [5.41, 5.74) is 1.98. The molecule has 5 heterocycles. The van der Waals surface area contributed by atoms with Gasteiger partial charge in [-0.15, -0.1) is 5.10 Å². The highest BCUT2D eigenvalue weighted by atomic mass is 16.5. The number of tetrazole rings is 1. The number of benzene rings is 1. The van der Waals surface area contributed by atoms with Crippen molar-refractivity contribution in [2.24, 2.45) is 0 Å². The van der Waals surface area contributed by atoms with Crippen LogP contribution in [0.3, 0.4) is 0 Å². The fourth-order valence-corrected chi connectivity index (χ4v) is 5.12. The largest absolute Gasteiger partial charge is 0.497 e. The third-order valence-corrected chi connectivity index (χ3v) is 6.99. The Balaban J connectivity index is 1.50. The van der Waals surface area contributed by atoms with Gasteiger partial charge in [0.25, 0.3) is 5.56 Å². The third kappa shape index (κ3) is 5.45. The second-order valence-corrected chi connectivity index (χ2v) is 9.61. The van der Waals surface area contributed by atoms with Gasteiger partial charge in [-0.3, -0.25) is 14.7 Å². The van der Waals surface area contributed by atoms with Crippen LogP contribution in [0.5, 0.6) is 5.75 Å². The second-order valence-electron chi connectivity index (χ2n) is 9.61. The van der Waals surface area contributed by atoms with Crippen molar-refractivity contribution in [1.29, 1.82) is 0 Å². The first-order valence-corrected chi connectivity index (χ1v) is 12.9. The van der Waals surface area contributed by atoms with Crippen LogP contribution in [-0.2, 0) is 24.4 Å². The van der Waals surface area contributed by atoms with Gasteiger partial charge in [-0.05, 0) is 71.3 Å². The Morgan fingerprint density at radius 2 is 2.15 bits per heavy atom.